The number of carbonyl (C=O) groups is 2. The lowest BCUT2D eigenvalue weighted by molar-refractivity contribution is -0.118. The summed E-state index contributed by atoms with van der Waals surface area (Å²) in [5, 5.41) is 4.01. The molecule has 1 N–H and O–H groups in total. The van der Waals surface area contributed by atoms with Crippen LogP contribution in [-0.4, -0.2) is 66.6 Å². The average Bonchev–Trinajstić information content (AvgIpc) is 3.70. The number of H-pyrrole nitrogens is 1. The van der Waals surface area contributed by atoms with Crippen LogP contribution in [0.1, 0.15) is 21.7 Å². The van der Waals surface area contributed by atoms with Crippen LogP contribution in [0.3, 0.4) is 0 Å². The smallest absolute Gasteiger partial charge is 0.419 e. The fourth-order valence-electron chi connectivity index (χ4n) is 5.91. The third kappa shape index (κ3) is 7.36. The van der Waals surface area contributed by atoms with Crippen LogP contribution in [0.25, 0.3) is 43.6 Å². The average molecular weight is 674 g/mol. The first-order valence-electron chi connectivity index (χ1n) is 16.2. The largest absolute Gasteiger partial charge is 0.446 e. The molecule has 0 bridgehead atoms. The summed E-state index contributed by atoms with van der Waals surface area (Å²) in [5.41, 5.74) is 5.18. The van der Waals surface area contributed by atoms with Crippen molar-refractivity contribution in [3.05, 3.63) is 126 Å². The Morgan fingerprint density at radius 3 is 1.96 bits per heavy atom. The van der Waals surface area contributed by atoms with E-state index in [9.17, 15) is 9.59 Å². The summed E-state index contributed by atoms with van der Waals surface area (Å²) in [5.74, 6) is -0.485. The second-order valence-electron chi connectivity index (χ2n) is 11.4. The molecule has 0 radical (unpaired) electrons. The molecule has 0 saturated carbocycles. The van der Waals surface area contributed by atoms with Crippen LogP contribution in [-0.2, 0) is 41.6 Å². The van der Waals surface area contributed by atoms with Crippen LogP contribution in [0.4, 0.5) is 4.79 Å². The van der Waals surface area contributed by atoms with Gasteiger partial charge in [-0.1, -0.05) is 72.8 Å². The summed E-state index contributed by atoms with van der Waals surface area (Å²) in [4.78, 5) is 33.5. The molecular weight excluding hydrogens is 638 g/mol. The minimum absolute atomic E-state index is 0.0719. The van der Waals surface area contributed by atoms with Crippen molar-refractivity contribution in [2.24, 2.45) is 0 Å². The predicted molar refractivity (Wildman–Crippen MR) is 188 cm³/mol. The number of hydrogen-bond donors (Lipinski definition) is 1. The van der Waals surface area contributed by atoms with Gasteiger partial charge >= 0.3 is 12.1 Å². The van der Waals surface area contributed by atoms with Crippen molar-refractivity contribution in [3.8, 4) is 0 Å². The predicted octanol–water partition coefficient (Wildman–Crippen LogP) is 7.35. The lowest BCUT2D eigenvalue weighted by Gasteiger charge is -2.09. The fourth-order valence-corrected chi connectivity index (χ4v) is 5.91. The lowest BCUT2D eigenvalue weighted by Crippen LogP contribution is -2.17. The molecule has 11 heteroatoms. The fraction of sp³-hybridized carbons (Fsp3) is 0.205. The molecule has 3 heterocycles. The summed E-state index contributed by atoms with van der Waals surface area (Å²) in [6.07, 6.45) is -0.442. The van der Waals surface area contributed by atoms with Crippen molar-refractivity contribution in [2.45, 2.75) is 13.2 Å². The van der Waals surface area contributed by atoms with Crippen LogP contribution < -0.4 is 0 Å². The van der Waals surface area contributed by atoms with Crippen molar-refractivity contribution < 1.29 is 38.0 Å². The highest BCUT2D eigenvalue weighted by atomic mass is 16.7. The second kappa shape index (κ2) is 15.7. The molecule has 11 nitrogen and oxygen atoms in total. The molecular formula is C39H35N3O8. The third-order valence-electron chi connectivity index (χ3n) is 8.15. The molecule has 7 rings (SSSR count). The Morgan fingerprint density at radius 2 is 1.18 bits per heavy atom. The monoisotopic (exact) mass is 673 g/mol. The number of fused-ring (bicyclic) bond motifs is 6. The van der Waals surface area contributed by atoms with Gasteiger partial charge in [0.2, 0.25) is 0 Å². The summed E-state index contributed by atoms with van der Waals surface area (Å²) < 4.78 is 34.6. The van der Waals surface area contributed by atoms with E-state index in [-0.39, 0.29) is 33.4 Å². The van der Waals surface area contributed by atoms with Crippen LogP contribution in [0.2, 0.25) is 0 Å². The third-order valence-corrected chi connectivity index (χ3v) is 8.15. The molecule has 254 valence electrons. The van der Waals surface area contributed by atoms with E-state index in [2.05, 4.69) is 9.97 Å². The SMILES string of the molecule is O=C(OCOCOCc1cccc(COCCOCCOC(=O)n2c3ccccc3c3ccccc32)n1)c1cccc2c1[nH]c1ccccc12. The van der Waals surface area contributed by atoms with E-state index in [0.717, 1.165) is 49.3 Å². The van der Waals surface area contributed by atoms with Crippen molar-refractivity contribution in [1.29, 1.82) is 0 Å². The standard InChI is InChI=1S/C39H35N3O8/c43-38(33-15-8-14-32-29-11-1-4-16-34(29)41-37(32)33)50-26-48-25-47-24-28-10-7-9-27(40-28)23-46-20-19-45-21-22-49-39(44)42-35-17-5-2-12-30(35)31-13-3-6-18-36(31)42/h1-18,41H,19-26H2. The molecule has 0 aliphatic heterocycles. The van der Waals surface area contributed by atoms with Gasteiger partial charge in [-0.25, -0.2) is 14.2 Å². The van der Waals surface area contributed by atoms with Gasteiger partial charge in [0.15, 0.2) is 13.6 Å². The molecule has 3 aromatic heterocycles. The van der Waals surface area contributed by atoms with Gasteiger partial charge < -0.3 is 33.4 Å². The number of benzene rings is 4. The van der Waals surface area contributed by atoms with E-state index in [1.165, 1.54) is 0 Å². The summed E-state index contributed by atoms with van der Waals surface area (Å²) >= 11 is 0. The van der Waals surface area contributed by atoms with E-state index in [4.69, 9.17) is 28.4 Å². The Kier molecular flexibility index (Phi) is 10.4. The van der Waals surface area contributed by atoms with Crippen LogP contribution in [0.15, 0.2) is 109 Å². The number of rotatable bonds is 15. The number of carbonyl (C=O) groups excluding carboxylic acids is 2. The van der Waals surface area contributed by atoms with E-state index in [1.807, 2.05) is 103 Å². The topological polar surface area (TPSA) is 123 Å². The highest BCUT2D eigenvalue weighted by Gasteiger charge is 2.17. The Morgan fingerprint density at radius 1 is 0.560 bits per heavy atom. The Balaban J connectivity index is 0.766. The first-order chi connectivity index (χ1) is 24.7. The number of para-hydroxylation sites is 4. The zero-order chi connectivity index (χ0) is 34.1. The maximum Gasteiger partial charge on any atom is 0.419 e. The van der Waals surface area contributed by atoms with E-state index < -0.39 is 12.1 Å². The van der Waals surface area contributed by atoms with Gasteiger partial charge in [-0.3, -0.25) is 4.98 Å². The zero-order valence-electron chi connectivity index (χ0n) is 27.2. The molecule has 0 unspecified atom stereocenters. The van der Waals surface area contributed by atoms with Crippen LogP contribution >= 0.6 is 0 Å². The van der Waals surface area contributed by atoms with Gasteiger partial charge in [0, 0.05) is 27.1 Å². The minimum atomic E-state index is -0.485. The van der Waals surface area contributed by atoms with Gasteiger partial charge in [0.25, 0.3) is 0 Å². The molecule has 0 atom stereocenters. The normalized spacial score (nSPS) is 11.5. The molecule has 0 amide bonds. The molecule has 0 saturated heterocycles. The van der Waals surface area contributed by atoms with E-state index in [1.54, 1.807) is 10.6 Å². The van der Waals surface area contributed by atoms with Gasteiger partial charge in [-0.15, -0.1) is 0 Å². The maximum atomic E-state index is 12.9. The molecule has 0 aliphatic carbocycles. The first kappa shape index (κ1) is 32.9. The number of pyridine rings is 1. The summed E-state index contributed by atoms with van der Waals surface area (Å²) in [6, 6.07) is 34.5. The van der Waals surface area contributed by atoms with Crippen LogP contribution in [0, 0.1) is 0 Å². The molecule has 0 fully saturated rings. The number of ether oxygens (including phenoxy) is 6. The number of aromatic amines is 1. The Bertz CT molecular complexity index is 2210. The van der Waals surface area contributed by atoms with E-state index in [0.29, 0.717) is 31.1 Å². The quantitative estimate of drug-likeness (QED) is 0.0676. The number of nitrogens with one attached hydrogen (secondary N) is 1. The zero-order valence-corrected chi connectivity index (χ0v) is 27.2. The van der Waals surface area contributed by atoms with Crippen molar-refractivity contribution in [3.63, 3.8) is 0 Å². The van der Waals surface area contributed by atoms with Crippen molar-refractivity contribution in [2.75, 3.05) is 40.0 Å². The Hall–Kier alpha value is -5.59. The highest BCUT2D eigenvalue weighted by molar-refractivity contribution is 6.14. The molecule has 0 spiro atoms. The number of esters is 1. The number of hydrogen-bond acceptors (Lipinski definition) is 9. The van der Waals surface area contributed by atoms with Gasteiger partial charge in [-0.05, 0) is 36.4 Å². The van der Waals surface area contributed by atoms with Gasteiger partial charge in [0.05, 0.1) is 66.5 Å². The second-order valence-corrected chi connectivity index (χ2v) is 11.4. The summed E-state index contributed by atoms with van der Waals surface area (Å²) in [7, 11) is 0. The van der Waals surface area contributed by atoms with E-state index >= 15 is 0 Å². The van der Waals surface area contributed by atoms with Crippen molar-refractivity contribution in [1.82, 2.24) is 14.5 Å². The van der Waals surface area contributed by atoms with Crippen molar-refractivity contribution >= 4 is 55.7 Å². The molecule has 50 heavy (non-hydrogen) atoms. The molecule has 0 aliphatic rings. The first-order valence-corrected chi connectivity index (χ1v) is 16.2. The van der Waals surface area contributed by atoms with Crippen LogP contribution in [0.5, 0.6) is 0 Å². The Labute approximate surface area is 287 Å². The number of nitrogens with zero attached hydrogens (tertiary/aromatic N) is 2. The van der Waals surface area contributed by atoms with Gasteiger partial charge in [-0.2, -0.15) is 0 Å². The summed E-state index contributed by atoms with van der Waals surface area (Å²) in [6.45, 7) is 1.26. The molecule has 7 aromatic rings. The number of aromatic nitrogens is 3. The molecule has 4 aromatic carbocycles. The lowest BCUT2D eigenvalue weighted by atomic mass is 10.1. The highest BCUT2D eigenvalue weighted by Crippen LogP contribution is 2.29. The van der Waals surface area contributed by atoms with Gasteiger partial charge in [0.1, 0.15) is 6.61 Å². The maximum absolute atomic E-state index is 12.9. The minimum Gasteiger partial charge on any atom is -0.446 e.